The molecule has 0 N–H and O–H groups in total. The van der Waals surface area contributed by atoms with Crippen molar-refractivity contribution >= 4 is 5.91 Å². The van der Waals surface area contributed by atoms with Crippen molar-refractivity contribution in [1.29, 1.82) is 0 Å². The van der Waals surface area contributed by atoms with E-state index in [4.69, 9.17) is 9.47 Å². The molecule has 1 unspecified atom stereocenters. The second-order valence-corrected chi connectivity index (χ2v) is 7.76. The summed E-state index contributed by atoms with van der Waals surface area (Å²) in [4.78, 5) is 17.3. The first kappa shape index (κ1) is 21.2. The van der Waals surface area contributed by atoms with Gasteiger partial charge in [0, 0.05) is 26.7 Å². The molecule has 156 valence electrons. The third kappa shape index (κ3) is 5.73. The van der Waals surface area contributed by atoms with Gasteiger partial charge in [-0.3, -0.25) is 9.69 Å². The van der Waals surface area contributed by atoms with E-state index in [1.807, 2.05) is 36.2 Å². The largest absolute Gasteiger partial charge is 0.493 e. The number of amides is 1. The van der Waals surface area contributed by atoms with E-state index in [0.717, 1.165) is 56.0 Å². The Morgan fingerprint density at radius 3 is 2.55 bits per heavy atom. The van der Waals surface area contributed by atoms with E-state index in [1.54, 1.807) is 14.2 Å². The van der Waals surface area contributed by atoms with Gasteiger partial charge in [0.15, 0.2) is 11.5 Å². The molecule has 1 fully saturated rings. The van der Waals surface area contributed by atoms with E-state index in [0.29, 0.717) is 6.54 Å². The molecule has 2 aromatic carbocycles. The van der Waals surface area contributed by atoms with Crippen molar-refractivity contribution in [1.82, 2.24) is 9.80 Å². The number of hydrogen-bond acceptors (Lipinski definition) is 4. The summed E-state index contributed by atoms with van der Waals surface area (Å²) < 4.78 is 10.7. The standard InChI is InChI=1S/C24H32N2O3/c1-25(15-13-19-11-12-22(28-2)23(16-19)29-3)24(27)21-10-7-14-26(18-21)17-20-8-5-4-6-9-20/h4-6,8-9,11-12,16,21H,7,10,13-15,17-18H2,1-3H3. The smallest absolute Gasteiger partial charge is 0.226 e. The van der Waals surface area contributed by atoms with Gasteiger partial charge in [0.2, 0.25) is 5.91 Å². The number of rotatable bonds is 8. The quantitative estimate of drug-likeness (QED) is 0.684. The van der Waals surface area contributed by atoms with Crippen LogP contribution in [-0.4, -0.2) is 56.6 Å². The minimum Gasteiger partial charge on any atom is -0.493 e. The molecule has 1 heterocycles. The number of benzene rings is 2. The number of ether oxygens (including phenoxy) is 2. The average Bonchev–Trinajstić information content (AvgIpc) is 2.77. The summed E-state index contributed by atoms with van der Waals surface area (Å²) >= 11 is 0. The monoisotopic (exact) mass is 396 g/mol. The van der Waals surface area contributed by atoms with Crippen LogP contribution in [0.1, 0.15) is 24.0 Å². The maximum absolute atomic E-state index is 13.0. The molecule has 1 aliphatic heterocycles. The Balaban J connectivity index is 1.52. The maximum Gasteiger partial charge on any atom is 0.226 e. The molecule has 1 aliphatic rings. The van der Waals surface area contributed by atoms with Gasteiger partial charge in [-0.15, -0.1) is 0 Å². The molecule has 0 bridgehead atoms. The van der Waals surface area contributed by atoms with Crippen LogP contribution in [0, 0.1) is 5.92 Å². The molecule has 5 heteroatoms. The van der Waals surface area contributed by atoms with Gasteiger partial charge in [0.1, 0.15) is 0 Å². The highest BCUT2D eigenvalue weighted by atomic mass is 16.5. The van der Waals surface area contributed by atoms with E-state index in [9.17, 15) is 4.79 Å². The second-order valence-electron chi connectivity index (χ2n) is 7.76. The molecule has 0 spiro atoms. The van der Waals surface area contributed by atoms with Crippen molar-refractivity contribution in [2.24, 2.45) is 5.92 Å². The summed E-state index contributed by atoms with van der Waals surface area (Å²) in [6.07, 6.45) is 2.85. The Morgan fingerprint density at radius 1 is 1.07 bits per heavy atom. The molecule has 0 aliphatic carbocycles. The summed E-state index contributed by atoms with van der Waals surface area (Å²) in [7, 11) is 5.19. The topological polar surface area (TPSA) is 42.0 Å². The number of methoxy groups -OCH3 is 2. The first-order valence-corrected chi connectivity index (χ1v) is 10.3. The average molecular weight is 397 g/mol. The van der Waals surface area contributed by atoms with Crippen LogP contribution >= 0.6 is 0 Å². The first-order chi connectivity index (χ1) is 14.1. The van der Waals surface area contributed by atoms with Crippen molar-refractivity contribution < 1.29 is 14.3 Å². The minimum atomic E-state index is 0.0860. The van der Waals surface area contributed by atoms with E-state index < -0.39 is 0 Å². The zero-order valence-corrected chi connectivity index (χ0v) is 17.8. The van der Waals surface area contributed by atoms with Crippen molar-refractivity contribution in [2.75, 3.05) is 40.9 Å². The number of nitrogens with zero attached hydrogens (tertiary/aromatic N) is 2. The lowest BCUT2D eigenvalue weighted by Crippen LogP contribution is -2.43. The van der Waals surface area contributed by atoms with Gasteiger partial charge in [0.05, 0.1) is 20.1 Å². The molecular weight excluding hydrogens is 364 g/mol. The lowest BCUT2D eigenvalue weighted by atomic mass is 9.96. The summed E-state index contributed by atoms with van der Waals surface area (Å²) in [6.45, 7) is 3.52. The molecule has 29 heavy (non-hydrogen) atoms. The van der Waals surface area contributed by atoms with Gasteiger partial charge in [-0.05, 0) is 49.1 Å². The van der Waals surface area contributed by atoms with Gasteiger partial charge >= 0.3 is 0 Å². The Labute approximate surface area is 174 Å². The Bertz CT molecular complexity index is 794. The van der Waals surface area contributed by atoms with Crippen molar-refractivity contribution in [2.45, 2.75) is 25.8 Å². The predicted octanol–water partition coefficient (Wildman–Crippen LogP) is 3.62. The number of likely N-dealkylation sites (N-methyl/N-ethyl adjacent to an activating group) is 1. The lowest BCUT2D eigenvalue weighted by Gasteiger charge is -2.34. The Morgan fingerprint density at radius 2 is 1.83 bits per heavy atom. The van der Waals surface area contributed by atoms with Gasteiger partial charge in [-0.2, -0.15) is 0 Å². The highest BCUT2D eigenvalue weighted by molar-refractivity contribution is 5.79. The third-order valence-corrected chi connectivity index (χ3v) is 5.66. The van der Waals surface area contributed by atoms with E-state index in [-0.39, 0.29) is 11.8 Å². The molecular formula is C24H32N2O3. The van der Waals surface area contributed by atoms with Crippen molar-refractivity contribution in [3.63, 3.8) is 0 Å². The van der Waals surface area contributed by atoms with Crippen molar-refractivity contribution in [3.8, 4) is 11.5 Å². The zero-order chi connectivity index (χ0) is 20.6. The van der Waals surface area contributed by atoms with Crippen molar-refractivity contribution in [3.05, 3.63) is 59.7 Å². The highest BCUT2D eigenvalue weighted by Gasteiger charge is 2.27. The van der Waals surface area contributed by atoms with Crippen LogP contribution < -0.4 is 9.47 Å². The fraction of sp³-hybridized carbons (Fsp3) is 0.458. The second kappa shape index (κ2) is 10.3. The number of piperidine rings is 1. The predicted molar refractivity (Wildman–Crippen MR) is 115 cm³/mol. The van der Waals surface area contributed by atoms with Crippen LogP contribution in [0.4, 0.5) is 0 Å². The van der Waals surface area contributed by atoms with Gasteiger partial charge in [0.25, 0.3) is 0 Å². The highest BCUT2D eigenvalue weighted by Crippen LogP contribution is 2.28. The normalized spacial score (nSPS) is 17.0. The van der Waals surface area contributed by atoms with E-state index in [2.05, 4.69) is 29.2 Å². The Kier molecular flexibility index (Phi) is 7.53. The summed E-state index contributed by atoms with van der Waals surface area (Å²) in [5, 5.41) is 0. The molecule has 1 atom stereocenters. The van der Waals surface area contributed by atoms with Crippen LogP contribution in [-0.2, 0) is 17.8 Å². The Hall–Kier alpha value is -2.53. The van der Waals surface area contributed by atoms with Crippen LogP contribution in [0.2, 0.25) is 0 Å². The minimum absolute atomic E-state index is 0.0860. The van der Waals surface area contributed by atoms with Gasteiger partial charge in [-0.25, -0.2) is 0 Å². The van der Waals surface area contributed by atoms with Gasteiger partial charge < -0.3 is 14.4 Å². The molecule has 1 saturated heterocycles. The molecule has 3 rings (SSSR count). The maximum atomic E-state index is 13.0. The van der Waals surface area contributed by atoms with Gasteiger partial charge in [-0.1, -0.05) is 36.4 Å². The molecule has 2 aromatic rings. The first-order valence-electron chi connectivity index (χ1n) is 10.3. The third-order valence-electron chi connectivity index (χ3n) is 5.66. The lowest BCUT2D eigenvalue weighted by molar-refractivity contribution is -0.136. The summed E-state index contributed by atoms with van der Waals surface area (Å²) in [5.74, 6) is 1.79. The molecule has 5 nitrogen and oxygen atoms in total. The summed E-state index contributed by atoms with van der Waals surface area (Å²) in [5.41, 5.74) is 2.44. The van der Waals surface area contributed by atoms with E-state index in [1.165, 1.54) is 5.56 Å². The van der Waals surface area contributed by atoms with Crippen LogP contribution in [0.3, 0.4) is 0 Å². The van der Waals surface area contributed by atoms with Crippen LogP contribution in [0.5, 0.6) is 11.5 Å². The fourth-order valence-electron chi connectivity index (χ4n) is 4.00. The van der Waals surface area contributed by atoms with Crippen LogP contribution in [0.25, 0.3) is 0 Å². The fourth-order valence-corrected chi connectivity index (χ4v) is 4.00. The van der Waals surface area contributed by atoms with Crippen LogP contribution in [0.15, 0.2) is 48.5 Å². The molecule has 0 aromatic heterocycles. The number of likely N-dealkylation sites (tertiary alicyclic amines) is 1. The molecule has 0 saturated carbocycles. The molecule has 1 amide bonds. The van der Waals surface area contributed by atoms with E-state index >= 15 is 0 Å². The molecule has 0 radical (unpaired) electrons. The summed E-state index contributed by atoms with van der Waals surface area (Å²) in [6, 6.07) is 16.4. The SMILES string of the molecule is COc1ccc(CCN(C)C(=O)C2CCCN(Cc3ccccc3)C2)cc1OC. The number of hydrogen-bond donors (Lipinski definition) is 0. The number of carbonyl (C=O) groups excluding carboxylic acids is 1. The zero-order valence-electron chi connectivity index (χ0n) is 17.8. The number of carbonyl (C=O) groups is 1.